The van der Waals surface area contributed by atoms with E-state index in [1.54, 1.807) is 37.3 Å². The van der Waals surface area contributed by atoms with Crippen molar-refractivity contribution in [3.63, 3.8) is 0 Å². The topological polar surface area (TPSA) is 79.6 Å². The molecule has 1 aromatic heterocycles. The molecule has 2 heterocycles. The molecule has 1 aliphatic heterocycles. The number of imide groups is 1. The van der Waals surface area contributed by atoms with Crippen LogP contribution in [0.15, 0.2) is 51.4 Å². The van der Waals surface area contributed by atoms with E-state index in [-0.39, 0.29) is 30.4 Å². The van der Waals surface area contributed by atoms with Gasteiger partial charge in [0.05, 0.1) is 5.69 Å². The molecule has 0 bridgehead atoms. The molecule has 3 aromatic rings. The largest absolute Gasteiger partial charge is 0.451 e. The van der Waals surface area contributed by atoms with E-state index in [4.69, 9.17) is 4.42 Å². The van der Waals surface area contributed by atoms with Gasteiger partial charge in [-0.3, -0.25) is 19.3 Å². The Labute approximate surface area is 163 Å². The van der Waals surface area contributed by atoms with Crippen molar-refractivity contribution in [3.8, 4) is 0 Å². The fourth-order valence-corrected chi connectivity index (χ4v) is 3.54. The Morgan fingerprint density at radius 1 is 1.11 bits per heavy atom. The predicted octanol–water partition coefficient (Wildman–Crippen LogP) is 4.41. The van der Waals surface area contributed by atoms with Gasteiger partial charge in [0.15, 0.2) is 5.76 Å². The molecule has 6 nitrogen and oxygen atoms in total. The van der Waals surface area contributed by atoms with Crippen LogP contribution in [0.25, 0.3) is 11.0 Å². The summed E-state index contributed by atoms with van der Waals surface area (Å²) >= 11 is 3.39. The lowest BCUT2D eigenvalue weighted by Gasteiger charge is -2.18. The Kier molecular flexibility index (Phi) is 4.31. The quantitative estimate of drug-likeness (QED) is 0.628. The number of fused-ring (bicyclic) bond motifs is 1. The first kappa shape index (κ1) is 17.5. The first-order valence-electron chi connectivity index (χ1n) is 8.40. The number of hydrogen-bond donors (Lipinski definition) is 1. The van der Waals surface area contributed by atoms with Crippen LogP contribution >= 0.6 is 15.9 Å². The maximum Gasteiger partial charge on any atom is 0.291 e. The molecule has 7 heteroatoms. The molecule has 0 unspecified atom stereocenters. The highest BCUT2D eigenvalue weighted by Gasteiger charge is 2.31. The minimum absolute atomic E-state index is 0.182. The normalized spacial score (nSPS) is 14.2. The standard InChI is InChI=1S/C20H15BrN2O4/c1-11-14(3-2-4-15(11)23-18(24)7-8-19(23)25)22-20(26)17-10-12-9-13(21)5-6-16(12)27-17/h2-6,9-10H,7-8H2,1H3,(H,22,26). The van der Waals surface area contributed by atoms with E-state index in [0.717, 1.165) is 9.86 Å². The molecule has 0 radical (unpaired) electrons. The van der Waals surface area contributed by atoms with Crippen LogP contribution in [0.3, 0.4) is 0 Å². The molecule has 1 fully saturated rings. The number of anilines is 2. The third kappa shape index (κ3) is 3.14. The van der Waals surface area contributed by atoms with Gasteiger partial charge in [-0.2, -0.15) is 0 Å². The molecule has 0 atom stereocenters. The molecule has 27 heavy (non-hydrogen) atoms. The molecule has 3 amide bonds. The van der Waals surface area contributed by atoms with Crippen molar-refractivity contribution in [2.75, 3.05) is 10.2 Å². The summed E-state index contributed by atoms with van der Waals surface area (Å²) in [6, 6.07) is 12.3. The lowest BCUT2D eigenvalue weighted by Crippen LogP contribution is -2.29. The number of furan rings is 1. The molecule has 0 aliphatic carbocycles. The number of nitrogens with zero attached hydrogens (tertiary/aromatic N) is 1. The van der Waals surface area contributed by atoms with Crippen LogP contribution in [0, 0.1) is 6.92 Å². The summed E-state index contributed by atoms with van der Waals surface area (Å²) in [5.74, 6) is -0.674. The Balaban J connectivity index is 1.64. The van der Waals surface area contributed by atoms with Gasteiger partial charge in [0, 0.05) is 28.4 Å². The summed E-state index contributed by atoms with van der Waals surface area (Å²) in [6.45, 7) is 1.76. The smallest absolute Gasteiger partial charge is 0.291 e. The number of nitrogens with one attached hydrogen (secondary N) is 1. The van der Waals surface area contributed by atoms with Crippen molar-refractivity contribution in [2.45, 2.75) is 19.8 Å². The minimum Gasteiger partial charge on any atom is -0.451 e. The van der Waals surface area contributed by atoms with Gasteiger partial charge in [0.2, 0.25) is 11.8 Å². The number of halogens is 1. The van der Waals surface area contributed by atoms with Gasteiger partial charge in [-0.05, 0) is 48.9 Å². The van der Waals surface area contributed by atoms with E-state index in [1.165, 1.54) is 4.90 Å². The van der Waals surface area contributed by atoms with E-state index in [1.807, 2.05) is 12.1 Å². The van der Waals surface area contributed by atoms with Crippen molar-refractivity contribution in [1.82, 2.24) is 0 Å². The molecule has 1 aliphatic rings. The van der Waals surface area contributed by atoms with Crippen LogP contribution in [0.1, 0.15) is 29.0 Å². The van der Waals surface area contributed by atoms with Crippen LogP contribution in [0.4, 0.5) is 11.4 Å². The van der Waals surface area contributed by atoms with Gasteiger partial charge < -0.3 is 9.73 Å². The highest BCUT2D eigenvalue weighted by atomic mass is 79.9. The molecule has 4 rings (SSSR count). The SMILES string of the molecule is Cc1c(NC(=O)c2cc3cc(Br)ccc3o2)cccc1N1C(=O)CCC1=O. The first-order valence-corrected chi connectivity index (χ1v) is 9.19. The molecular weight excluding hydrogens is 412 g/mol. The van der Waals surface area contributed by atoms with E-state index >= 15 is 0 Å². The van der Waals surface area contributed by atoms with Gasteiger partial charge in [-0.1, -0.05) is 22.0 Å². The van der Waals surface area contributed by atoms with Gasteiger partial charge in [0.25, 0.3) is 5.91 Å². The third-order valence-electron chi connectivity index (χ3n) is 4.55. The van der Waals surface area contributed by atoms with E-state index < -0.39 is 5.91 Å². The second kappa shape index (κ2) is 6.66. The summed E-state index contributed by atoms with van der Waals surface area (Å²) in [4.78, 5) is 37.8. The Morgan fingerprint density at radius 2 is 1.85 bits per heavy atom. The highest BCUT2D eigenvalue weighted by Crippen LogP contribution is 2.31. The molecule has 0 spiro atoms. The summed E-state index contributed by atoms with van der Waals surface area (Å²) in [6.07, 6.45) is 0.423. The van der Waals surface area contributed by atoms with Crippen molar-refractivity contribution in [1.29, 1.82) is 0 Å². The average Bonchev–Trinajstić information content (AvgIpc) is 3.20. The van der Waals surface area contributed by atoms with Crippen LogP contribution in [0.2, 0.25) is 0 Å². The zero-order chi connectivity index (χ0) is 19.1. The maximum absolute atomic E-state index is 12.6. The molecular formula is C20H15BrN2O4. The van der Waals surface area contributed by atoms with Crippen molar-refractivity contribution in [3.05, 3.63) is 58.3 Å². The fraction of sp³-hybridized carbons (Fsp3) is 0.150. The van der Waals surface area contributed by atoms with Crippen molar-refractivity contribution in [2.24, 2.45) is 0 Å². The zero-order valence-corrected chi connectivity index (χ0v) is 16.0. The number of amides is 3. The number of benzene rings is 2. The lowest BCUT2D eigenvalue weighted by atomic mass is 10.1. The minimum atomic E-state index is -0.401. The number of rotatable bonds is 3. The van der Waals surface area contributed by atoms with Gasteiger partial charge >= 0.3 is 0 Å². The second-order valence-electron chi connectivity index (χ2n) is 6.32. The summed E-state index contributed by atoms with van der Waals surface area (Å²) in [5.41, 5.74) is 2.27. The summed E-state index contributed by atoms with van der Waals surface area (Å²) in [7, 11) is 0. The Hall–Kier alpha value is -2.93. The predicted molar refractivity (Wildman–Crippen MR) is 105 cm³/mol. The second-order valence-corrected chi connectivity index (χ2v) is 7.24. The van der Waals surface area contributed by atoms with Gasteiger partial charge in [-0.25, -0.2) is 0 Å². The highest BCUT2D eigenvalue weighted by molar-refractivity contribution is 9.10. The number of hydrogen-bond acceptors (Lipinski definition) is 4. The number of carbonyl (C=O) groups is 3. The van der Waals surface area contributed by atoms with Gasteiger partial charge in [-0.15, -0.1) is 0 Å². The van der Waals surface area contributed by atoms with E-state index in [9.17, 15) is 14.4 Å². The number of carbonyl (C=O) groups excluding carboxylic acids is 3. The van der Waals surface area contributed by atoms with Crippen LogP contribution in [-0.2, 0) is 9.59 Å². The molecule has 2 aromatic carbocycles. The van der Waals surface area contributed by atoms with E-state index in [0.29, 0.717) is 22.5 Å². The third-order valence-corrected chi connectivity index (χ3v) is 5.04. The molecule has 1 saturated heterocycles. The van der Waals surface area contributed by atoms with Crippen LogP contribution < -0.4 is 10.2 Å². The Morgan fingerprint density at radius 3 is 2.59 bits per heavy atom. The maximum atomic E-state index is 12.6. The summed E-state index contributed by atoms with van der Waals surface area (Å²) in [5, 5.41) is 3.62. The fourth-order valence-electron chi connectivity index (χ4n) is 3.16. The Bertz CT molecular complexity index is 1090. The van der Waals surface area contributed by atoms with Crippen LogP contribution in [0.5, 0.6) is 0 Å². The molecule has 0 saturated carbocycles. The lowest BCUT2D eigenvalue weighted by molar-refractivity contribution is -0.121. The zero-order valence-electron chi connectivity index (χ0n) is 14.4. The van der Waals surface area contributed by atoms with E-state index in [2.05, 4.69) is 21.2 Å². The average molecular weight is 427 g/mol. The van der Waals surface area contributed by atoms with Crippen LogP contribution in [-0.4, -0.2) is 17.7 Å². The van der Waals surface area contributed by atoms with Gasteiger partial charge in [0.1, 0.15) is 5.58 Å². The monoisotopic (exact) mass is 426 g/mol. The molecule has 1 N–H and O–H groups in total. The van der Waals surface area contributed by atoms with Crippen molar-refractivity contribution >= 4 is 56.0 Å². The van der Waals surface area contributed by atoms with Crippen molar-refractivity contribution < 1.29 is 18.8 Å². The molecule has 136 valence electrons. The first-order chi connectivity index (χ1) is 12.9. The summed E-state index contributed by atoms with van der Waals surface area (Å²) < 4.78 is 6.50.